The van der Waals surface area contributed by atoms with Crippen molar-refractivity contribution in [2.75, 3.05) is 5.73 Å². The number of rotatable bonds is 1. The van der Waals surface area contributed by atoms with Gasteiger partial charge in [0.05, 0.1) is 9.90 Å². The van der Waals surface area contributed by atoms with Gasteiger partial charge in [0, 0.05) is 0 Å². The molecule has 0 radical (unpaired) electrons. The molecular weight excluding hydrogens is 196 g/mol. The van der Waals surface area contributed by atoms with E-state index in [4.69, 9.17) is 17.3 Å². The maximum Gasteiger partial charge on any atom is 0.239 e. The van der Waals surface area contributed by atoms with E-state index in [1.807, 2.05) is 5.38 Å². The smallest absolute Gasteiger partial charge is 0.239 e. The van der Waals surface area contributed by atoms with E-state index in [1.165, 1.54) is 11.3 Å². The number of nitrogens with one attached hydrogen (secondary N) is 1. The zero-order valence-corrected chi connectivity index (χ0v) is 7.49. The summed E-state index contributed by atoms with van der Waals surface area (Å²) in [6, 6.07) is 1.81. The third kappa shape index (κ3) is 1.17. The first kappa shape index (κ1) is 7.57. The van der Waals surface area contributed by atoms with Gasteiger partial charge < -0.3 is 5.73 Å². The second kappa shape index (κ2) is 2.76. The lowest BCUT2D eigenvalue weighted by Gasteiger charge is -1.88. The molecule has 4 nitrogen and oxygen atoms in total. The average molecular weight is 201 g/mol. The zero-order chi connectivity index (χ0) is 8.55. The zero-order valence-electron chi connectivity index (χ0n) is 5.91. The number of H-pyrrole nitrogens is 1. The summed E-state index contributed by atoms with van der Waals surface area (Å²) < 4.78 is 0. The Kier molecular flexibility index (Phi) is 1.74. The van der Waals surface area contributed by atoms with Crippen LogP contribution in [0.3, 0.4) is 0 Å². The third-order valence-electron chi connectivity index (χ3n) is 1.33. The number of nitrogen functional groups attached to an aromatic ring is 1. The van der Waals surface area contributed by atoms with Crippen LogP contribution in [-0.2, 0) is 0 Å². The second-order valence-corrected chi connectivity index (χ2v) is 3.46. The van der Waals surface area contributed by atoms with Crippen LogP contribution in [0, 0.1) is 0 Å². The minimum atomic E-state index is 0.231. The maximum atomic E-state index is 5.87. The van der Waals surface area contributed by atoms with Gasteiger partial charge in [0.1, 0.15) is 0 Å². The molecule has 6 heteroatoms. The van der Waals surface area contributed by atoms with Gasteiger partial charge in [-0.1, -0.05) is 11.6 Å². The lowest BCUT2D eigenvalue weighted by atomic mass is 10.4. The first-order valence-electron chi connectivity index (χ1n) is 3.18. The van der Waals surface area contributed by atoms with Crippen LogP contribution < -0.4 is 5.73 Å². The molecule has 0 saturated heterocycles. The van der Waals surface area contributed by atoms with E-state index in [0.717, 1.165) is 4.88 Å². The number of nitrogens with zero attached hydrogens (tertiary/aromatic N) is 2. The normalized spacial score (nSPS) is 10.4. The van der Waals surface area contributed by atoms with Gasteiger partial charge in [0.2, 0.25) is 5.95 Å². The molecule has 0 amide bonds. The summed E-state index contributed by atoms with van der Waals surface area (Å²) in [6.45, 7) is 0. The Bertz CT molecular complexity index is 394. The number of hydrogen-bond donors (Lipinski definition) is 2. The van der Waals surface area contributed by atoms with Crippen molar-refractivity contribution in [1.29, 1.82) is 0 Å². The Hall–Kier alpha value is -1.07. The molecule has 0 aliphatic heterocycles. The highest BCUT2D eigenvalue weighted by Gasteiger charge is 2.08. The number of aromatic amines is 1. The monoisotopic (exact) mass is 200 g/mol. The predicted octanol–water partition coefficient (Wildman–Crippen LogP) is 1.77. The van der Waals surface area contributed by atoms with E-state index in [1.54, 1.807) is 6.07 Å². The molecule has 0 spiro atoms. The van der Waals surface area contributed by atoms with Crippen LogP contribution in [0.15, 0.2) is 11.4 Å². The van der Waals surface area contributed by atoms with Crippen LogP contribution in [0.25, 0.3) is 10.7 Å². The first-order valence-corrected chi connectivity index (χ1v) is 4.44. The number of hydrogen-bond acceptors (Lipinski definition) is 4. The molecule has 0 aliphatic carbocycles. The molecule has 0 aromatic carbocycles. The largest absolute Gasteiger partial charge is 0.366 e. The number of nitrogens with two attached hydrogens (primary N) is 1. The molecule has 0 saturated carbocycles. The van der Waals surface area contributed by atoms with Crippen molar-refractivity contribution in [2.24, 2.45) is 0 Å². The SMILES string of the molecule is Nc1n[nH]c(-c2sccc2Cl)n1. The van der Waals surface area contributed by atoms with Crippen molar-refractivity contribution in [1.82, 2.24) is 15.2 Å². The highest BCUT2D eigenvalue weighted by atomic mass is 35.5. The van der Waals surface area contributed by atoms with E-state index in [9.17, 15) is 0 Å². The van der Waals surface area contributed by atoms with Crippen LogP contribution in [-0.4, -0.2) is 15.2 Å². The van der Waals surface area contributed by atoms with Crippen LogP contribution >= 0.6 is 22.9 Å². The maximum absolute atomic E-state index is 5.87. The molecule has 0 fully saturated rings. The van der Waals surface area contributed by atoms with Crippen LogP contribution in [0.1, 0.15) is 0 Å². The fraction of sp³-hybridized carbons (Fsp3) is 0. The number of thiophene rings is 1. The molecule has 2 aromatic rings. The molecule has 0 bridgehead atoms. The van der Waals surface area contributed by atoms with E-state index in [2.05, 4.69) is 15.2 Å². The second-order valence-electron chi connectivity index (χ2n) is 2.14. The van der Waals surface area contributed by atoms with Gasteiger partial charge in [-0.2, -0.15) is 4.98 Å². The van der Waals surface area contributed by atoms with Crippen LogP contribution in [0.4, 0.5) is 5.95 Å². The molecule has 3 N–H and O–H groups in total. The van der Waals surface area contributed by atoms with E-state index >= 15 is 0 Å². The summed E-state index contributed by atoms with van der Waals surface area (Å²) in [5.41, 5.74) is 5.34. The molecule has 2 rings (SSSR count). The summed E-state index contributed by atoms with van der Waals surface area (Å²) in [6.07, 6.45) is 0. The molecule has 0 atom stereocenters. The van der Waals surface area contributed by atoms with E-state index < -0.39 is 0 Å². The van der Waals surface area contributed by atoms with E-state index in [0.29, 0.717) is 10.8 Å². The molecule has 0 unspecified atom stereocenters. The quantitative estimate of drug-likeness (QED) is 0.737. The number of halogens is 1. The number of anilines is 1. The highest BCUT2D eigenvalue weighted by molar-refractivity contribution is 7.14. The predicted molar refractivity (Wildman–Crippen MR) is 49.1 cm³/mol. The van der Waals surface area contributed by atoms with Gasteiger partial charge in [0.25, 0.3) is 0 Å². The fourth-order valence-corrected chi connectivity index (χ4v) is 1.92. The van der Waals surface area contributed by atoms with Gasteiger partial charge in [-0.15, -0.1) is 16.4 Å². The molecule has 62 valence electrons. The Morgan fingerprint density at radius 2 is 2.42 bits per heavy atom. The average Bonchev–Trinajstić information content (AvgIpc) is 2.58. The molecule has 2 aromatic heterocycles. The minimum Gasteiger partial charge on any atom is -0.366 e. The van der Waals surface area contributed by atoms with Gasteiger partial charge in [-0.3, -0.25) is 5.10 Å². The van der Waals surface area contributed by atoms with Crippen molar-refractivity contribution in [3.63, 3.8) is 0 Å². The van der Waals surface area contributed by atoms with Gasteiger partial charge in [-0.05, 0) is 11.4 Å². The third-order valence-corrected chi connectivity index (χ3v) is 2.68. The summed E-state index contributed by atoms with van der Waals surface area (Å²) in [7, 11) is 0. The summed E-state index contributed by atoms with van der Waals surface area (Å²) in [4.78, 5) is 4.81. The summed E-state index contributed by atoms with van der Waals surface area (Å²) >= 11 is 7.36. The van der Waals surface area contributed by atoms with Crippen LogP contribution in [0.2, 0.25) is 5.02 Å². The minimum absolute atomic E-state index is 0.231. The number of aromatic nitrogens is 3. The van der Waals surface area contributed by atoms with Gasteiger partial charge in [-0.25, -0.2) is 0 Å². The standard InChI is InChI=1S/C6H5ClN4S/c7-3-1-2-12-4(3)5-9-6(8)11-10-5/h1-2H,(H3,8,9,10,11). The van der Waals surface area contributed by atoms with Gasteiger partial charge in [0.15, 0.2) is 5.82 Å². The van der Waals surface area contributed by atoms with Crippen molar-refractivity contribution in [2.45, 2.75) is 0 Å². The Labute approximate surface area is 77.4 Å². The van der Waals surface area contributed by atoms with Gasteiger partial charge >= 0.3 is 0 Å². The Morgan fingerprint density at radius 3 is 2.92 bits per heavy atom. The molecular formula is C6H5ClN4S. The van der Waals surface area contributed by atoms with Crippen LogP contribution in [0.5, 0.6) is 0 Å². The summed E-state index contributed by atoms with van der Waals surface area (Å²) in [5, 5.41) is 8.94. The lowest BCUT2D eigenvalue weighted by Crippen LogP contribution is -1.85. The van der Waals surface area contributed by atoms with Crippen molar-refractivity contribution in [3.05, 3.63) is 16.5 Å². The fourth-order valence-electron chi connectivity index (χ4n) is 0.839. The summed E-state index contributed by atoms with van der Waals surface area (Å²) in [5.74, 6) is 0.849. The van der Waals surface area contributed by atoms with Crippen molar-refractivity contribution >= 4 is 28.9 Å². The molecule has 2 heterocycles. The molecule has 0 aliphatic rings. The van der Waals surface area contributed by atoms with Crippen molar-refractivity contribution in [3.8, 4) is 10.7 Å². The Balaban J connectivity index is 2.50. The topological polar surface area (TPSA) is 67.6 Å². The Morgan fingerprint density at radius 1 is 1.58 bits per heavy atom. The first-order chi connectivity index (χ1) is 5.77. The lowest BCUT2D eigenvalue weighted by molar-refractivity contribution is 1.11. The van der Waals surface area contributed by atoms with Crippen molar-refractivity contribution < 1.29 is 0 Å². The van der Waals surface area contributed by atoms with E-state index in [-0.39, 0.29) is 5.95 Å². The highest BCUT2D eigenvalue weighted by Crippen LogP contribution is 2.30. The molecule has 12 heavy (non-hydrogen) atoms.